The van der Waals surface area contributed by atoms with Crippen LogP contribution in [0.2, 0.25) is 0 Å². The van der Waals surface area contributed by atoms with E-state index in [9.17, 15) is 0 Å². The normalized spacial score (nSPS) is 19.6. The predicted molar refractivity (Wildman–Crippen MR) is 64.1 cm³/mol. The Morgan fingerprint density at radius 3 is 2.67 bits per heavy atom. The maximum Gasteiger partial charge on any atom is 0.0460 e. The third-order valence-electron chi connectivity index (χ3n) is 3.14. The molecule has 0 unspecified atom stereocenters. The van der Waals surface area contributed by atoms with Gasteiger partial charge >= 0.3 is 0 Å². The van der Waals surface area contributed by atoms with Crippen LogP contribution in [0, 0.1) is 12.8 Å². The van der Waals surface area contributed by atoms with Crippen LogP contribution in [0.25, 0.3) is 0 Å². The molecule has 0 aromatic carbocycles. The van der Waals surface area contributed by atoms with Crippen molar-refractivity contribution < 1.29 is 5.11 Å². The number of nitrogens with zero attached hydrogens (tertiary/aromatic N) is 1. The molecule has 1 aromatic heterocycles. The molecule has 0 radical (unpaired) electrons. The lowest BCUT2D eigenvalue weighted by molar-refractivity contribution is 0.128. The topological polar surface area (TPSA) is 23.5 Å². The third-order valence-corrected chi connectivity index (χ3v) is 4.13. The van der Waals surface area contributed by atoms with Crippen LogP contribution in [0.15, 0.2) is 12.1 Å². The third kappa shape index (κ3) is 3.03. The zero-order valence-corrected chi connectivity index (χ0v) is 10.1. The summed E-state index contributed by atoms with van der Waals surface area (Å²) in [6, 6.07) is 4.43. The molecule has 2 rings (SSSR count). The van der Waals surface area contributed by atoms with Gasteiger partial charge in [-0.05, 0) is 50.9 Å². The van der Waals surface area contributed by atoms with Gasteiger partial charge in [0.15, 0.2) is 0 Å². The van der Waals surface area contributed by atoms with E-state index in [-0.39, 0.29) is 0 Å². The summed E-state index contributed by atoms with van der Waals surface area (Å²) in [6.45, 7) is 5.90. The number of aliphatic hydroxyl groups is 1. The SMILES string of the molecule is Cc1ccc(CN2CCC(CO)CC2)s1. The van der Waals surface area contributed by atoms with E-state index >= 15 is 0 Å². The number of hydrogen-bond acceptors (Lipinski definition) is 3. The molecule has 1 aliphatic heterocycles. The Morgan fingerprint density at radius 1 is 1.40 bits per heavy atom. The van der Waals surface area contributed by atoms with Gasteiger partial charge in [-0.3, -0.25) is 4.90 Å². The summed E-state index contributed by atoms with van der Waals surface area (Å²) in [5.74, 6) is 0.548. The van der Waals surface area contributed by atoms with Gasteiger partial charge in [-0.15, -0.1) is 11.3 Å². The molecule has 0 aliphatic carbocycles. The van der Waals surface area contributed by atoms with Crippen LogP contribution in [0.1, 0.15) is 22.6 Å². The zero-order valence-electron chi connectivity index (χ0n) is 9.28. The Balaban J connectivity index is 1.82. The van der Waals surface area contributed by atoms with Gasteiger partial charge in [0.05, 0.1) is 0 Å². The minimum Gasteiger partial charge on any atom is -0.396 e. The smallest absolute Gasteiger partial charge is 0.0460 e. The number of likely N-dealkylation sites (tertiary alicyclic amines) is 1. The van der Waals surface area contributed by atoms with E-state index in [0.717, 1.165) is 32.5 Å². The highest BCUT2D eigenvalue weighted by atomic mass is 32.1. The van der Waals surface area contributed by atoms with Crippen LogP contribution in [0.4, 0.5) is 0 Å². The van der Waals surface area contributed by atoms with E-state index in [4.69, 9.17) is 5.11 Å². The number of thiophene rings is 1. The molecule has 0 atom stereocenters. The molecule has 2 nitrogen and oxygen atoms in total. The molecular weight excluding hydrogens is 206 g/mol. The van der Waals surface area contributed by atoms with Crippen molar-refractivity contribution in [3.05, 3.63) is 21.9 Å². The Kier molecular flexibility index (Phi) is 3.78. The molecule has 0 amide bonds. The molecule has 1 aromatic rings. The summed E-state index contributed by atoms with van der Waals surface area (Å²) in [7, 11) is 0. The summed E-state index contributed by atoms with van der Waals surface area (Å²) < 4.78 is 0. The molecule has 15 heavy (non-hydrogen) atoms. The molecule has 1 fully saturated rings. The molecule has 2 heterocycles. The quantitative estimate of drug-likeness (QED) is 0.853. The highest BCUT2D eigenvalue weighted by molar-refractivity contribution is 7.11. The van der Waals surface area contributed by atoms with Crippen LogP contribution in [-0.4, -0.2) is 29.7 Å². The second kappa shape index (κ2) is 5.10. The Morgan fingerprint density at radius 2 is 2.13 bits per heavy atom. The number of hydrogen-bond donors (Lipinski definition) is 1. The lowest BCUT2D eigenvalue weighted by Gasteiger charge is -2.30. The molecule has 3 heteroatoms. The summed E-state index contributed by atoms with van der Waals surface area (Å²) in [5.41, 5.74) is 0. The maximum atomic E-state index is 9.05. The Labute approximate surface area is 95.5 Å². The fourth-order valence-corrected chi connectivity index (χ4v) is 3.05. The first-order valence-corrected chi connectivity index (χ1v) is 6.48. The Hall–Kier alpha value is -0.380. The van der Waals surface area contributed by atoms with Crippen LogP contribution in [0.3, 0.4) is 0 Å². The van der Waals surface area contributed by atoms with Crippen LogP contribution >= 0.6 is 11.3 Å². The van der Waals surface area contributed by atoms with E-state index in [2.05, 4.69) is 24.0 Å². The summed E-state index contributed by atoms with van der Waals surface area (Å²) in [6.07, 6.45) is 2.31. The van der Waals surface area contributed by atoms with Crippen LogP contribution in [0.5, 0.6) is 0 Å². The summed E-state index contributed by atoms with van der Waals surface area (Å²) >= 11 is 1.90. The molecule has 1 N–H and O–H groups in total. The van der Waals surface area contributed by atoms with Crippen molar-refractivity contribution in [3.8, 4) is 0 Å². The largest absolute Gasteiger partial charge is 0.396 e. The van der Waals surface area contributed by atoms with Crippen LogP contribution < -0.4 is 0 Å². The van der Waals surface area contributed by atoms with Crippen molar-refractivity contribution in [1.82, 2.24) is 4.90 Å². The molecule has 1 saturated heterocycles. The number of aryl methyl sites for hydroxylation is 1. The number of aliphatic hydroxyl groups excluding tert-OH is 1. The first-order chi connectivity index (χ1) is 7.28. The first kappa shape index (κ1) is 11.1. The second-order valence-corrected chi connectivity index (χ2v) is 5.79. The molecule has 84 valence electrons. The van der Waals surface area contributed by atoms with Gasteiger partial charge < -0.3 is 5.11 Å². The fraction of sp³-hybridized carbons (Fsp3) is 0.667. The van der Waals surface area contributed by atoms with E-state index in [1.165, 1.54) is 9.75 Å². The zero-order chi connectivity index (χ0) is 10.7. The van der Waals surface area contributed by atoms with E-state index in [0.29, 0.717) is 12.5 Å². The fourth-order valence-electron chi connectivity index (χ4n) is 2.12. The predicted octanol–water partition coefficient (Wildman–Crippen LogP) is 2.26. The van der Waals surface area contributed by atoms with E-state index < -0.39 is 0 Å². The van der Waals surface area contributed by atoms with Crippen LogP contribution in [-0.2, 0) is 6.54 Å². The van der Waals surface area contributed by atoms with Crippen molar-refractivity contribution in [1.29, 1.82) is 0 Å². The lowest BCUT2D eigenvalue weighted by atomic mass is 9.98. The highest BCUT2D eigenvalue weighted by Crippen LogP contribution is 2.21. The minimum absolute atomic E-state index is 0.367. The standard InChI is InChI=1S/C12H19NOS/c1-10-2-3-12(15-10)8-13-6-4-11(9-14)5-7-13/h2-3,11,14H,4-9H2,1H3. The molecular formula is C12H19NOS. The van der Waals surface area contributed by atoms with Gasteiger partial charge in [0.1, 0.15) is 0 Å². The minimum atomic E-state index is 0.367. The average molecular weight is 225 g/mol. The lowest BCUT2D eigenvalue weighted by Crippen LogP contribution is -2.34. The molecule has 0 bridgehead atoms. The highest BCUT2D eigenvalue weighted by Gasteiger charge is 2.18. The Bertz CT molecular complexity index is 302. The monoisotopic (exact) mass is 225 g/mol. The molecule has 0 spiro atoms. The van der Waals surface area contributed by atoms with Crippen molar-refractivity contribution in [2.75, 3.05) is 19.7 Å². The number of rotatable bonds is 3. The van der Waals surface area contributed by atoms with Crippen molar-refractivity contribution in [3.63, 3.8) is 0 Å². The van der Waals surface area contributed by atoms with Gasteiger partial charge in [0.25, 0.3) is 0 Å². The van der Waals surface area contributed by atoms with Gasteiger partial charge in [0, 0.05) is 22.9 Å². The van der Waals surface area contributed by atoms with Crippen molar-refractivity contribution in [2.24, 2.45) is 5.92 Å². The van der Waals surface area contributed by atoms with E-state index in [1.807, 2.05) is 11.3 Å². The first-order valence-electron chi connectivity index (χ1n) is 5.66. The van der Waals surface area contributed by atoms with Gasteiger partial charge in [-0.2, -0.15) is 0 Å². The number of piperidine rings is 1. The summed E-state index contributed by atoms with van der Waals surface area (Å²) in [5, 5.41) is 9.05. The van der Waals surface area contributed by atoms with Crippen molar-refractivity contribution in [2.45, 2.75) is 26.3 Å². The average Bonchev–Trinajstić information content (AvgIpc) is 2.65. The van der Waals surface area contributed by atoms with Gasteiger partial charge in [-0.1, -0.05) is 0 Å². The van der Waals surface area contributed by atoms with Gasteiger partial charge in [-0.25, -0.2) is 0 Å². The molecule has 1 aliphatic rings. The van der Waals surface area contributed by atoms with E-state index in [1.54, 1.807) is 0 Å². The molecule has 0 saturated carbocycles. The maximum absolute atomic E-state index is 9.05. The summed E-state index contributed by atoms with van der Waals surface area (Å²) in [4.78, 5) is 5.36. The second-order valence-electron chi connectivity index (χ2n) is 4.41. The van der Waals surface area contributed by atoms with Crippen molar-refractivity contribution >= 4 is 11.3 Å². The van der Waals surface area contributed by atoms with Gasteiger partial charge in [0.2, 0.25) is 0 Å².